The molecule has 0 aromatic heterocycles. The summed E-state index contributed by atoms with van der Waals surface area (Å²) in [6, 6.07) is 0. The summed E-state index contributed by atoms with van der Waals surface area (Å²) in [5.41, 5.74) is -4.82. The van der Waals surface area contributed by atoms with E-state index >= 15 is 0 Å². The molecule has 0 bridgehead atoms. The lowest BCUT2D eigenvalue weighted by molar-refractivity contribution is -0.270. The maximum atomic E-state index is 12.3. The third-order valence-electron chi connectivity index (χ3n) is 2.31. The first-order chi connectivity index (χ1) is 6.15. The molecule has 1 aliphatic heterocycles. The van der Waals surface area contributed by atoms with Gasteiger partial charge >= 0.3 is 6.18 Å². The standard InChI is InChI=1S/C7H10F3NO3/c1-5(14-2)3-6(13,7(8,9)10)11-4(5)12/h13H,3H2,1-2H3,(H,11,12). The Morgan fingerprint density at radius 3 is 2.29 bits per heavy atom. The van der Waals surface area contributed by atoms with Crippen LogP contribution in [-0.4, -0.2) is 35.6 Å². The van der Waals surface area contributed by atoms with Crippen molar-refractivity contribution in [3.05, 3.63) is 0 Å². The number of hydrogen-bond acceptors (Lipinski definition) is 3. The quantitative estimate of drug-likeness (QED) is 0.652. The first kappa shape index (κ1) is 11.3. The van der Waals surface area contributed by atoms with Crippen molar-refractivity contribution in [2.75, 3.05) is 7.11 Å². The SMILES string of the molecule is COC1(C)CC(O)(C(F)(F)F)NC1=O. The first-order valence-electron chi connectivity index (χ1n) is 3.81. The number of nitrogens with one attached hydrogen (secondary N) is 1. The fourth-order valence-corrected chi connectivity index (χ4v) is 1.27. The minimum Gasteiger partial charge on any atom is -0.368 e. The number of alkyl halides is 3. The summed E-state index contributed by atoms with van der Waals surface area (Å²) in [5, 5.41) is 10.6. The molecule has 82 valence electrons. The lowest BCUT2D eigenvalue weighted by atomic mass is 9.99. The molecule has 2 unspecified atom stereocenters. The van der Waals surface area contributed by atoms with Crippen molar-refractivity contribution in [3.8, 4) is 0 Å². The molecule has 0 aromatic carbocycles. The molecule has 4 nitrogen and oxygen atoms in total. The van der Waals surface area contributed by atoms with Gasteiger partial charge < -0.3 is 15.2 Å². The fourth-order valence-electron chi connectivity index (χ4n) is 1.27. The Morgan fingerprint density at radius 2 is 2.07 bits per heavy atom. The van der Waals surface area contributed by atoms with Crippen LogP contribution in [0.2, 0.25) is 0 Å². The number of halogens is 3. The van der Waals surface area contributed by atoms with Crippen LogP contribution in [0.1, 0.15) is 13.3 Å². The highest BCUT2D eigenvalue weighted by molar-refractivity contribution is 5.88. The van der Waals surface area contributed by atoms with Crippen molar-refractivity contribution in [2.45, 2.75) is 30.8 Å². The highest BCUT2D eigenvalue weighted by atomic mass is 19.4. The van der Waals surface area contributed by atoms with Gasteiger partial charge in [-0.2, -0.15) is 13.2 Å². The second-order valence-corrected chi connectivity index (χ2v) is 3.42. The molecular formula is C7H10F3NO3. The van der Waals surface area contributed by atoms with Crippen LogP contribution in [0, 0.1) is 0 Å². The van der Waals surface area contributed by atoms with Crippen LogP contribution in [0.15, 0.2) is 0 Å². The van der Waals surface area contributed by atoms with Crippen molar-refractivity contribution < 1.29 is 27.8 Å². The van der Waals surface area contributed by atoms with Crippen LogP contribution >= 0.6 is 0 Å². The van der Waals surface area contributed by atoms with Crippen LogP contribution < -0.4 is 5.32 Å². The molecule has 0 aromatic rings. The largest absolute Gasteiger partial charge is 0.436 e. The van der Waals surface area contributed by atoms with Gasteiger partial charge in [-0.25, -0.2) is 0 Å². The number of carbonyl (C=O) groups excluding carboxylic acids is 1. The van der Waals surface area contributed by atoms with E-state index in [1.165, 1.54) is 12.2 Å². The molecule has 7 heteroatoms. The summed E-state index contributed by atoms with van der Waals surface area (Å²) in [6.45, 7) is 1.19. The average molecular weight is 213 g/mol. The summed E-state index contributed by atoms with van der Waals surface area (Å²) >= 11 is 0. The number of carbonyl (C=O) groups is 1. The zero-order valence-electron chi connectivity index (χ0n) is 7.60. The highest BCUT2D eigenvalue weighted by Crippen LogP contribution is 2.40. The smallest absolute Gasteiger partial charge is 0.368 e. The Morgan fingerprint density at radius 1 is 1.57 bits per heavy atom. The molecule has 1 saturated heterocycles. The monoisotopic (exact) mass is 213 g/mol. The maximum absolute atomic E-state index is 12.3. The number of methoxy groups -OCH3 is 1. The van der Waals surface area contributed by atoms with E-state index in [0.717, 1.165) is 7.11 Å². The van der Waals surface area contributed by atoms with E-state index in [9.17, 15) is 18.0 Å². The van der Waals surface area contributed by atoms with Crippen molar-refractivity contribution in [3.63, 3.8) is 0 Å². The van der Waals surface area contributed by atoms with Crippen LogP contribution in [0.4, 0.5) is 13.2 Å². The highest BCUT2D eigenvalue weighted by Gasteiger charge is 2.64. The van der Waals surface area contributed by atoms with Crippen LogP contribution in [0.3, 0.4) is 0 Å². The topological polar surface area (TPSA) is 58.6 Å². The third-order valence-corrected chi connectivity index (χ3v) is 2.31. The van der Waals surface area contributed by atoms with E-state index < -0.39 is 29.8 Å². The molecule has 1 fully saturated rings. The molecule has 0 saturated carbocycles. The zero-order valence-corrected chi connectivity index (χ0v) is 7.60. The van der Waals surface area contributed by atoms with Gasteiger partial charge in [0.25, 0.3) is 5.91 Å². The third kappa shape index (κ3) is 1.46. The molecular weight excluding hydrogens is 203 g/mol. The van der Waals surface area contributed by atoms with Crippen molar-refractivity contribution >= 4 is 5.91 Å². The van der Waals surface area contributed by atoms with Crippen LogP contribution in [0.5, 0.6) is 0 Å². The van der Waals surface area contributed by atoms with Crippen LogP contribution in [0.25, 0.3) is 0 Å². The van der Waals surface area contributed by atoms with Gasteiger partial charge in [-0.15, -0.1) is 0 Å². The predicted octanol–water partition coefficient (Wildman–Crippen LogP) is 0.162. The van der Waals surface area contributed by atoms with Gasteiger partial charge in [0, 0.05) is 13.5 Å². The molecule has 0 spiro atoms. The molecule has 2 atom stereocenters. The van der Waals surface area contributed by atoms with Crippen molar-refractivity contribution in [2.24, 2.45) is 0 Å². The molecule has 14 heavy (non-hydrogen) atoms. The molecule has 1 rings (SSSR count). The minimum atomic E-state index is -4.90. The summed E-state index contributed by atoms with van der Waals surface area (Å²) in [6.07, 6.45) is -5.75. The van der Waals surface area contributed by atoms with E-state index in [2.05, 4.69) is 4.74 Å². The van der Waals surface area contributed by atoms with Gasteiger partial charge in [0.2, 0.25) is 5.72 Å². The Kier molecular flexibility index (Phi) is 2.28. The Labute approximate surface area is 78.0 Å². The maximum Gasteiger partial charge on any atom is 0.436 e. The summed E-state index contributed by atoms with van der Waals surface area (Å²) in [5.74, 6) is -0.972. The molecule has 2 N–H and O–H groups in total. The minimum absolute atomic E-state index is 0.848. The number of hydrogen-bond donors (Lipinski definition) is 2. The Balaban J connectivity index is 2.97. The fraction of sp³-hybridized carbons (Fsp3) is 0.857. The number of ether oxygens (including phenoxy) is 1. The van der Waals surface area contributed by atoms with Gasteiger partial charge in [-0.3, -0.25) is 4.79 Å². The molecule has 1 amide bonds. The number of amides is 1. The summed E-state index contributed by atoms with van der Waals surface area (Å²) in [4.78, 5) is 11.1. The summed E-state index contributed by atoms with van der Waals surface area (Å²) in [7, 11) is 1.11. The van der Waals surface area contributed by atoms with Gasteiger partial charge in [0.15, 0.2) is 0 Å². The van der Waals surface area contributed by atoms with Gasteiger partial charge in [-0.1, -0.05) is 0 Å². The Hall–Kier alpha value is -0.820. The number of rotatable bonds is 1. The molecule has 0 aliphatic carbocycles. The van der Waals surface area contributed by atoms with Gasteiger partial charge in [-0.05, 0) is 6.92 Å². The normalized spacial score (nSPS) is 38.6. The van der Waals surface area contributed by atoms with E-state index in [4.69, 9.17) is 5.11 Å². The van der Waals surface area contributed by atoms with Gasteiger partial charge in [0.05, 0.1) is 0 Å². The first-order valence-corrected chi connectivity index (χ1v) is 3.81. The van der Waals surface area contributed by atoms with E-state index in [-0.39, 0.29) is 0 Å². The molecule has 0 radical (unpaired) electrons. The molecule has 1 aliphatic rings. The van der Waals surface area contributed by atoms with E-state index in [0.29, 0.717) is 0 Å². The van der Waals surface area contributed by atoms with Gasteiger partial charge in [0.1, 0.15) is 5.60 Å². The lowest BCUT2D eigenvalue weighted by Gasteiger charge is -2.26. The average Bonchev–Trinajstić information content (AvgIpc) is 2.24. The van der Waals surface area contributed by atoms with Crippen LogP contribution in [-0.2, 0) is 9.53 Å². The van der Waals surface area contributed by atoms with E-state index in [1.54, 1.807) is 0 Å². The summed E-state index contributed by atoms with van der Waals surface area (Å²) < 4.78 is 41.5. The van der Waals surface area contributed by atoms with Crippen molar-refractivity contribution in [1.29, 1.82) is 0 Å². The molecule has 1 heterocycles. The second kappa shape index (κ2) is 2.83. The second-order valence-electron chi connectivity index (χ2n) is 3.42. The lowest BCUT2D eigenvalue weighted by Crippen LogP contribution is -2.53. The zero-order chi connectivity index (χ0) is 11.2. The predicted molar refractivity (Wildman–Crippen MR) is 39.2 cm³/mol. The Bertz CT molecular complexity index is 267. The number of aliphatic hydroxyl groups is 1. The van der Waals surface area contributed by atoms with E-state index in [1.807, 2.05) is 0 Å². The van der Waals surface area contributed by atoms with Crippen molar-refractivity contribution in [1.82, 2.24) is 5.32 Å².